The maximum atomic E-state index is 13.3. The highest BCUT2D eigenvalue weighted by atomic mass is 16.6. The Balaban J connectivity index is 1.66. The zero-order chi connectivity index (χ0) is 21.1. The molecule has 6 heteroatoms. The first-order chi connectivity index (χ1) is 14.5. The van der Waals surface area contributed by atoms with Gasteiger partial charge in [0.2, 0.25) is 0 Å². The van der Waals surface area contributed by atoms with Crippen LogP contribution in [-0.2, 0) is 16.0 Å². The molecule has 0 unspecified atom stereocenters. The van der Waals surface area contributed by atoms with E-state index < -0.39 is 0 Å². The van der Waals surface area contributed by atoms with Crippen molar-refractivity contribution >= 4 is 16.8 Å². The zero-order valence-electron chi connectivity index (χ0n) is 17.3. The standard InChI is InChI=1S/C24H26N2O4/c1-16-4-3-5-18(10-16)24(28)26(14-21-15-29-8-9-30-21)13-20-12-19-11-17(2)6-7-22(19)25-23(20)27/h3-7,10-12,21H,8-9,13-15H2,1-2H3,(H,25,27)/t21-/m1/s1. The van der Waals surface area contributed by atoms with Gasteiger partial charge in [-0.15, -0.1) is 0 Å². The number of carbonyl (C=O) groups is 1. The number of ether oxygens (including phenoxy) is 2. The van der Waals surface area contributed by atoms with Crippen LogP contribution < -0.4 is 5.56 Å². The fraction of sp³-hybridized carbons (Fsp3) is 0.333. The van der Waals surface area contributed by atoms with Crippen molar-refractivity contribution in [2.75, 3.05) is 26.4 Å². The summed E-state index contributed by atoms with van der Waals surface area (Å²) in [7, 11) is 0. The highest BCUT2D eigenvalue weighted by Crippen LogP contribution is 2.17. The lowest BCUT2D eigenvalue weighted by atomic mass is 10.1. The lowest BCUT2D eigenvalue weighted by Gasteiger charge is -2.30. The Labute approximate surface area is 175 Å². The van der Waals surface area contributed by atoms with E-state index in [1.807, 2.05) is 56.3 Å². The molecule has 0 aliphatic carbocycles. The molecule has 1 atom stereocenters. The Morgan fingerprint density at radius 2 is 1.93 bits per heavy atom. The second-order valence-electron chi connectivity index (χ2n) is 7.84. The van der Waals surface area contributed by atoms with Crippen molar-refractivity contribution in [1.29, 1.82) is 0 Å². The van der Waals surface area contributed by atoms with Gasteiger partial charge in [0.05, 0.1) is 32.5 Å². The molecule has 156 valence electrons. The van der Waals surface area contributed by atoms with Gasteiger partial charge < -0.3 is 19.4 Å². The summed E-state index contributed by atoms with van der Waals surface area (Å²) in [5, 5.41) is 0.949. The summed E-state index contributed by atoms with van der Waals surface area (Å²) in [6, 6.07) is 15.2. The fourth-order valence-electron chi connectivity index (χ4n) is 3.76. The first kappa shape index (κ1) is 20.3. The number of benzene rings is 2. The van der Waals surface area contributed by atoms with Crippen molar-refractivity contribution < 1.29 is 14.3 Å². The van der Waals surface area contributed by atoms with Gasteiger partial charge in [-0.05, 0) is 49.6 Å². The van der Waals surface area contributed by atoms with Gasteiger partial charge in [-0.1, -0.05) is 29.3 Å². The molecule has 3 aromatic rings. The molecule has 0 bridgehead atoms. The molecule has 30 heavy (non-hydrogen) atoms. The van der Waals surface area contributed by atoms with Crippen LogP contribution in [0.2, 0.25) is 0 Å². The first-order valence-electron chi connectivity index (χ1n) is 10.2. The SMILES string of the molecule is Cc1cccc(C(=O)N(Cc2cc3cc(C)ccc3[nH]c2=O)C[C@@H]2COCCO2)c1. The van der Waals surface area contributed by atoms with E-state index in [-0.39, 0.29) is 24.1 Å². The molecule has 2 heterocycles. The van der Waals surface area contributed by atoms with Crippen molar-refractivity contribution in [3.05, 3.63) is 81.1 Å². The van der Waals surface area contributed by atoms with Crippen molar-refractivity contribution in [2.45, 2.75) is 26.5 Å². The monoisotopic (exact) mass is 406 g/mol. The van der Waals surface area contributed by atoms with E-state index in [0.29, 0.717) is 37.5 Å². The van der Waals surface area contributed by atoms with Gasteiger partial charge >= 0.3 is 0 Å². The average Bonchev–Trinajstić information content (AvgIpc) is 2.74. The molecule has 1 fully saturated rings. The van der Waals surface area contributed by atoms with E-state index in [2.05, 4.69) is 4.98 Å². The van der Waals surface area contributed by atoms with E-state index in [1.165, 1.54) is 0 Å². The molecule has 1 N–H and O–H groups in total. The number of H-pyrrole nitrogens is 1. The summed E-state index contributed by atoms with van der Waals surface area (Å²) in [5.41, 5.74) is 3.87. The Hall–Kier alpha value is -2.96. The Kier molecular flexibility index (Phi) is 5.97. The summed E-state index contributed by atoms with van der Waals surface area (Å²) >= 11 is 0. The number of aromatic amines is 1. The van der Waals surface area contributed by atoms with E-state index in [4.69, 9.17) is 9.47 Å². The smallest absolute Gasteiger partial charge is 0.254 e. The number of hydrogen-bond donors (Lipinski definition) is 1. The van der Waals surface area contributed by atoms with Crippen molar-refractivity contribution in [1.82, 2.24) is 9.88 Å². The fourth-order valence-corrected chi connectivity index (χ4v) is 3.76. The number of amides is 1. The molecule has 0 saturated carbocycles. The van der Waals surface area contributed by atoms with E-state index >= 15 is 0 Å². The third kappa shape index (κ3) is 4.61. The number of nitrogens with one attached hydrogen (secondary N) is 1. The molecule has 1 aliphatic heterocycles. The first-order valence-corrected chi connectivity index (χ1v) is 10.2. The highest BCUT2D eigenvalue weighted by Gasteiger charge is 2.24. The van der Waals surface area contributed by atoms with Gasteiger partial charge in [-0.2, -0.15) is 0 Å². The van der Waals surface area contributed by atoms with Crippen LogP contribution in [0.15, 0.2) is 53.3 Å². The average molecular weight is 406 g/mol. The lowest BCUT2D eigenvalue weighted by molar-refractivity contribution is -0.0953. The quantitative estimate of drug-likeness (QED) is 0.706. The van der Waals surface area contributed by atoms with E-state index in [1.54, 1.807) is 11.0 Å². The number of hydrogen-bond acceptors (Lipinski definition) is 4. The maximum absolute atomic E-state index is 13.3. The second-order valence-corrected chi connectivity index (χ2v) is 7.84. The van der Waals surface area contributed by atoms with Gasteiger partial charge in [-0.25, -0.2) is 0 Å². The number of aryl methyl sites for hydroxylation is 2. The normalized spacial score (nSPS) is 16.5. The Bertz CT molecular complexity index is 1120. The minimum atomic E-state index is -0.214. The molecule has 2 aromatic carbocycles. The Morgan fingerprint density at radius 1 is 1.10 bits per heavy atom. The van der Waals surface area contributed by atoms with Gasteiger partial charge in [0.15, 0.2) is 0 Å². The molecule has 1 saturated heterocycles. The molecule has 1 amide bonds. The third-order valence-electron chi connectivity index (χ3n) is 5.30. The predicted octanol–water partition coefficient (Wildman–Crippen LogP) is 3.20. The number of carbonyl (C=O) groups excluding carboxylic acids is 1. The minimum absolute atomic E-state index is 0.128. The number of nitrogens with zero attached hydrogens (tertiary/aromatic N) is 1. The van der Waals surface area contributed by atoms with Crippen LogP contribution in [0.4, 0.5) is 0 Å². The largest absolute Gasteiger partial charge is 0.376 e. The molecule has 6 nitrogen and oxygen atoms in total. The van der Waals surface area contributed by atoms with Crippen LogP contribution in [0.1, 0.15) is 27.0 Å². The zero-order valence-corrected chi connectivity index (χ0v) is 17.3. The number of pyridine rings is 1. The minimum Gasteiger partial charge on any atom is -0.376 e. The molecule has 4 rings (SSSR count). The summed E-state index contributed by atoms with van der Waals surface area (Å²) in [5.74, 6) is -0.128. The van der Waals surface area contributed by atoms with Crippen molar-refractivity contribution in [3.8, 4) is 0 Å². The van der Waals surface area contributed by atoms with Gasteiger partial charge in [0.1, 0.15) is 0 Å². The molecule has 1 aromatic heterocycles. The van der Waals surface area contributed by atoms with Crippen LogP contribution in [-0.4, -0.2) is 48.3 Å². The molecular weight excluding hydrogens is 380 g/mol. The summed E-state index contributed by atoms with van der Waals surface area (Å²) < 4.78 is 11.3. The van der Waals surface area contributed by atoms with Crippen LogP contribution in [0, 0.1) is 13.8 Å². The number of fused-ring (bicyclic) bond motifs is 1. The van der Waals surface area contributed by atoms with E-state index in [0.717, 1.165) is 22.0 Å². The number of rotatable bonds is 5. The van der Waals surface area contributed by atoms with Gasteiger partial charge in [0, 0.05) is 23.2 Å². The highest BCUT2D eigenvalue weighted by molar-refractivity contribution is 5.94. The molecule has 0 spiro atoms. The predicted molar refractivity (Wildman–Crippen MR) is 116 cm³/mol. The lowest BCUT2D eigenvalue weighted by Crippen LogP contribution is -2.43. The maximum Gasteiger partial charge on any atom is 0.254 e. The second kappa shape index (κ2) is 8.81. The summed E-state index contributed by atoms with van der Waals surface area (Å²) in [6.07, 6.45) is -0.214. The van der Waals surface area contributed by atoms with Crippen molar-refractivity contribution in [3.63, 3.8) is 0 Å². The topological polar surface area (TPSA) is 71.6 Å². The summed E-state index contributed by atoms with van der Waals surface area (Å²) in [6.45, 7) is 6.03. The molecular formula is C24H26N2O4. The van der Waals surface area contributed by atoms with Crippen LogP contribution in [0.25, 0.3) is 10.9 Å². The third-order valence-corrected chi connectivity index (χ3v) is 5.30. The Morgan fingerprint density at radius 3 is 2.70 bits per heavy atom. The van der Waals surface area contributed by atoms with Crippen LogP contribution >= 0.6 is 0 Å². The number of aromatic nitrogens is 1. The molecule has 1 aliphatic rings. The van der Waals surface area contributed by atoms with Crippen molar-refractivity contribution in [2.24, 2.45) is 0 Å². The van der Waals surface area contributed by atoms with E-state index in [9.17, 15) is 9.59 Å². The van der Waals surface area contributed by atoms with Crippen LogP contribution in [0.3, 0.4) is 0 Å². The van der Waals surface area contributed by atoms with Gasteiger partial charge in [-0.3, -0.25) is 9.59 Å². The summed E-state index contributed by atoms with van der Waals surface area (Å²) in [4.78, 5) is 30.6. The van der Waals surface area contributed by atoms with Crippen LogP contribution in [0.5, 0.6) is 0 Å². The molecule has 0 radical (unpaired) electrons. The van der Waals surface area contributed by atoms with Gasteiger partial charge in [0.25, 0.3) is 11.5 Å².